The summed E-state index contributed by atoms with van der Waals surface area (Å²) in [6.07, 6.45) is 11.1. The van der Waals surface area contributed by atoms with Crippen molar-refractivity contribution in [2.24, 2.45) is 0 Å². The molecular weight excluding hydrogens is 420 g/mol. The zero-order valence-corrected chi connectivity index (χ0v) is 21.1. The van der Waals surface area contributed by atoms with Gasteiger partial charge in [-0.25, -0.2) is 0 Å². The minimum Gasteiger partial charge on any atom is -0.457 e. The molecule has 0 saturated heterocycles. The van der Waals surface area contributed by atoms with Crippen molar-refractivity contribution < 1.29 is 28.5 Å². The first-order valence-electron chi connectivity index (χ1n) is 11.7. The van der Waals surface area contributed by atoms with Gasteiger partial charge in [0, 0.05) is 19.4 Å². The van der Waals surface area contributed by atoms with Gasteiger partial charge in [0.05, 0.1) is 0 Å². The molecule has 0 radical (unpaired) electrons. The number of benzene rings is 1. The maximum atomic E-state index is 11.2. The van der Waals surface area contributed by atoms with Gasteiger partial charge < -0.3 is 18.9 Å². The number of hydrogen-bond donors (Lipinski definition) is 0. The molecule has 33 heavy (non-hydrogen) atoms. The molecule has 0 unspecified atom stereocenters. The molecule has 1 aromatic carbocycles. The molecule has 0 aliphatic heterocycles. The topological polar surface area (TPSA) is 71.1 Å². The molecule has 0 heterocycles. The highest BCUT2D eigenvalue weighted by Crippen LogP contribution is 2.33. The van der Waals surface area contributed by atoms with Crippen LogP contribution >= 0.6 is 0 Å². The van der Waals surface area contributed by atoms with E-state index in [0.29, 0.717) is 17.9 Å². The van der Waals surface area contributed by atoms with Gasteiger partial charge in [0.1, 0.15) is 11.5 Å². The second-order valence-electron chi connectivity index (χ2n) is 8.40. The molecule has 184 valence electrons. The predicted octanol–water partition coefficient (Wildman–Crippen LogP) is 6.45. The van der Waals surface area contributed by atoms with Crippen molar-refractivity contribution in [2.75, 3.05) is 13.6 Å². The minimum atomic E-state index is -0.406. The van der Waals surface area contributed by atoms with Gasteiger partial charge in [-0.05, 0) is 70.6 Å². The van der Waals surface area contributed by atoms with Crippen LogP contribution < -0.4 is 9.47 Å². The second-order valence-corrected chi connectivity index (χ2v) is 8.40. The Morgan fingerprint density at radius 3 is 1.91 bits per heavy atom. The Kier molecular flexibility index (Phi) is 13.7. The van der Waals surface area contributed by atoms with Gasteiger partial charge in [-0.2, -0.15) is 0 Å². The molecule has 1 rings (SSSR count). The average Bonchev–Trinajstić information content (AvgIpc) is 2.72. The van der Waals surface area contributed by atoms with E-state index < -0.39 is 11.9 Å². The van der Waals surface area contributed by atoms with Crippen LogP contribution in [-0.4, -0.2) is 25.5 Å². The third kappa shape index (κ3) is 12.8. The lowest BCUT2D eigenvalue weighted by molar-refractivity contribution is -0.148. The normalized spacial score (nSPS) is 11.0. The van der Waals surface area contributed by atoms with E-state index >= 15 is 0 Å². The largest absolute Gasteiger partial charge is 0.457 e. The lowest BCUT2D eigenvalue weighted by Gasteiger charge is -2.18. The van der Waals surface area contributed by atoms with Gasteiger partial charge in [0.15, 0.2) is 0 Å². The van der Waals surface area contributed by atoms with Crippen molar-refractivity contribution >= 4 is 11.9 Å². The van der Waals surface area contributed by atoms with E-state index in [-0.39, 0.29) is 13.6 Å². The van der Waals surface area contributed by atoms with Crippen molar-refractivity contribution in [3.8, 4) is 11.5 Å². The zero-order chi connectivity index (χ0) is 24.6. The standard InChI is InChI=1S/C27H40O6/c1-7-8-9-13-24-16-26(32-18-30-22(5)28)25(27(17-24)33-19-31-23(6)29)15-14-21(4)12-10-11-20(2)3/h11,14,16-17H,7-10,12-13,15,18-19H2,1-6H3/b21-14+. The van der Waals surface area contributed by atoms with E-state index in [0.717, 1.165) is 49.7 Å². The van der Waals surface area contributed by atoms with Gasteiger partial charge in [0.2, 0.25) is 13.6 Å². The number of carbonyl (C=O) groups excluding carboxylic acids is 2. The molecule has 0 bridgehead atoms. The number of esters is 2. The van der Waals surface area contributed by atoms with Crippen LogP contribution in [0.3, 0.4) is 0 Å². The Morgan fingerprint density at radius 2 is 1.42 bits per heavy atom. The van der Waals surface area contributed by atoms with E-state index in [9.17, 15) is 9.59 Å². The smallest absolute Gasteiger partial charge is 0.305 e. The molecule has 0 saturated carbocycles. The fourth-order valence-electron chi connectivity index (χ4n) is 3.18. The minimum absolute atomic E-state index is 0.173. The van der Waals surface area contributed by atoms with Crippen LogP contribution in [0.25, 0.3) is 0 Å². The van der Waals surface area contributed by atoms with Crippen LogP contribution in [0.5, 0.6) is 11.5 Å². The Hall–Kier alpha value is -2.76. The molecule has 1 aromatic rings. The molecule has 0 aliphatic rings. The first-order valence-corrected chi connectivity index (χ1v) is 11.7. The first kappa shape index (κ1) is 28.3. The number of carbonyl (C=O) groups is 2. The van der Waals surface area contributed by atoms with Crippen LogP contribution in [0.15, 0.2) is 35.4 Å². The molecule has 6 heteroatoms. The number of allylic oxidation sites excluding steroid dienone is 4. The van der Waals surface area contributed by atoms with Crippen LogP contribution in [-0.2, 0) is 31.9 Å². The van der Waals surface area contributed by atoms with Gasteiger partial charge in [-0.3, -0.25) is 9.59 Å². The van der Waals surface area contributed by atoms with E-state index in [1.54, 1.807) is 0 Å². The Bertz CT molecular complexity index is 777. The van der Waals surface area contributed by atoms with Crippen molar-refractivity contribution in [2.45, 2.75) is 86.5 Å². The number of unbranched alkanes of at least 4 members (excludes halogenated alkanes) is 2. The van der Waals surface area contributed by atoms with Crippen molar-refractivity contribution in [1.29, 1.82) is 0 Å². The summed E-state index contributed by atoms with van der Waals surface area (Å²) in [5.74, 6) is 0.404. The summed E-state index contributed by atoms with van der Waals surface area (Å²) < 4.78 is 21.7. The SMILES string of the molecule is CCCCCc1cc(OCOC(C)=O)c(C/C=C(\C)CCC=C(C)C)c(OCOC(C)=O)c1. The van der Waals surface area contributed by atoms with Gasteiger partial charge in [-0.15, -0.1) is 0 Å². The molecule has 0 N–H and O–H groups in total. The number of hydrogen-bond acceptors (Lipinski definition) is 6. The number of ether oxygens (including phenoxy) is 4. The molecule has 0 atom stereocenters. The third-order valence-corrected chi connectivity index (χ3v) is 5.00. The molecule has 0 amide bonds. The number of aryl methyl sites for hydroxylation is 1. The van der Waals surface area contributed by atoms with Crippen molar-refractivity contribution in [1.82, 2.24) is 0 Å². The first-order chi connectivity index (χ1) is 15.7. The molecule has 0 fully saturated rings. The molecule has 6 nitrogen and oxygen atoms in total. The molecule has 0 aliphatic carbocycles. The summed E-state index contributed by atoms with van der Waals surface area (Å²) in [6.45, 7) is 10.8. The Labute approximate surface area is 198 Å². The Balaban J connectivity index is 3.19. The summed E-state index contributed by atoms with van der Waals surface area (Å²) in [5.41, 5.74) is 4.46. The fourth-order valence-corrected chi connectivity index (χ4v) is 3.18. The highest BCUT2D eigenvalue weighted by molar-refractivity contribution is 5.66. The van der Waals surface area contributed by atoms with Gasteiger partial charge in [-0.1, -0.05) is 43.1 Å². The van der Waals surface area contributed by atoms with Crippen molar-refractivity contribution in [3.05, 3.63) is 46.6 Å². The second kappa shape index (κ2) is 15.9. The van der Waals surface area contributed by atoms with Crippen LogP contribution in [0.4, 0.5) is 0 Å². The van der Waals surface area contributed by atoms with E-state index in [1.165, 1.54) is 25.0 Å². The maximum absolute atomic E-state index is 11.2. The summed E-state index contributed by atoms with van der Waals surface area (Å²) >= 11 is 0. The van der Waals surface area contributed by atoms with Crippen LogP contribution in [0.1, 0.15) is 84.8 Å². The van der Waals surface area contributed by atoms with Crippen molar-refractivity contribution in [3.63, 3.8) is 0 Å². The third-order valence-electron chi connectivity index (χ3n) is 5.00. The van der Waals surface area contributed by atoms with E-state index in [4.69, 9.17) is 18.9 Å². The van der Waals surface area contributed by atoms with Crippen LogP contribution in [0.2, 0.25) is 0 Å². The molecule has 0 spiro atoms. The highest BCUT2D eigenvalue weighted by atomic mass is 16.7. The monoisotopic (exact) mass is 460 g/mol. The molecular formula is C27H40O6. The number of rotatable bonds is 15. The lowest BCUT2D eigenvalue weighted by atomic mass is 10.00. The van der Waals surface area contributed by atoms with Crippen LogP contribution in [0, 0.1) is 0 Å². The summed E-state index contributed by atoms with van der Waals surface area (Å²) in [7, 11) is 0. The lowest BCUT2D eigenvalue weighted by Crippen LogP contribution is -2.11. The fraction of sp³-hybridized carbons (Fsp3) is 0.556. The summed E-state index contributed by atoms with van der Waals surface area (Å²) in [4.78, 5) is 22.4. The summed E-state index contributed by atoms with van der Waals surface area (Å²) in [6, 6.07) is 3.97. The summed E-state index contributed by atoms with van der Waals surface area (Å²) in [5, 5.41) is 0. The zero-order valence-electron chi connectivity index (χ0n) is 21.1. The molecule has 0 aromatic heterocycles. The van der Waals surface area contributed by atoms with Gasteiger partial charge in [0.25, 0.3) is 0 Å². The quantitative estimate of drug-likeness (QED) is 0.130. The van der Waals surface area contributed by atoms with E-state index in [1.807, 2.05) is 12.1 Å². The highest BCUT2D eigenvalue weighted by Gasteiger charge is 2.15. The maximum Gasteiger partial charge on any atom is 0.305 e. The van der Waals surface area contributed by atoms with E-state index in [2.05, 4.69) is 39.8 Å². The predicted molar refractivity (Wildman–Crippen MR) is 130 cm³/mol. The average molecular weight is 461 g/mol. The Morgan fingerprint density at radius 1 is 0.848 bits per heavy atom. The van der Waals surface area contributed by atoms with Gasteiger partial charge >= 0.3 is 11.9 Å².